The minimum absolute atomic E-state index is 0.296. The fourth-order valence-corrected chi connectivity index (χ4v) is 4.11. The largest absolute Gasteiger partial charge is 0.494 e. The molecule has 2 aromatic rings. The molecule has 1 fully saturated rings. The summed E-state index contributed by atoms with van der Waals surface area (Å²) in [7, 11) is 0. The molecular weight excluding hydrogens is 318 g/mol. The van der Waals surface area contributed by atoms with Crippen molar-refractivity contribution in [1.82, 2.24) is 0 Å². The maximum Gasteiger partial charge on any atom is 0.119 e. The first-order valence-corrected chi connectivity index (χ1v) is 9.96. The zero-order valence-corrected chi connectivity index (χ0v) is 16.0. The fourth-order valence-electron chi connectivity index (χ4n) is 4.11. The second-order valence-electron chi connectivity index (χ2n) is 7.51. The SMILES string of the molecule is CCCOc1ccc(-c2ccc(C3(C#N)CCCC(CC)C3)cc2)cc1. The van der Waals surface area contributed by atoms with Crippen LogP contribution in [0.3, 0.4) is 0 Å². The van der Waals surface area contributed by atoms with Gasteiger partial charge in [0.05, 0.1) is 18.1 Å². The summed E-state index contributed by atoms with van der Waals surface area (Å²) < 4.78 is 5.66. The van der Waals surface area contributed by atoms with Crippen LogP contribution in [-0.4, -0.2) is 6.61 Å². The van der Waals surface area contributed by atoms with Crippen LogP contribution in [-0.2, 0) is 5.41 Å². The summed E-state index contributed by atoms with van der Waals surface area (Å²) in [6, 6.07) is 19.6. The third kappa shape index (κ3) is 3.93. The van der Waals surface area contributed by atoms with E-state index in [1.165, 1.54) is 29.5 Å². The average Bonchev–Trinajstić information content (AvgIpc) is 2.72. The molecule has 1 aliphatic rings. The van der Waals surface area contributed by atoms with Gasteiger partial charge in [0.2, 0.25) is 0 Å². The topological polar surface area (TPSA) is 33.0 Å². The van der Waals surface area contributed by atoms with Crippen LogP contribution in [0, 0.1) is 17.2 Å². The van der Waals surface area contributed by atoms with Gasteiger partial charge >= 0.3 is 0 Å². The highest BCUT2D eigenvalue weighted by Crippen LogP contribution is 2.43. The van der Waals surface area contributed by atoms with Crippen molar-refractivity contribution in [1.29, 1.82) is 5.26 Å². The van der Waals surface area contributed by atoms with E-state index >= 15 is 0 Å². The van der Waals surface area contributed by atoms with Crippen LogP contribution in [0.25, 0.3) is 11.1 Å². The summed E-state index contributed by atoms with van der Waals surface area (Å²) in [4.78, 5) is 0. The van der Waals surface area contributed by atoms with Gasteiger partial charge in [-0.2, -0.15) is 5.26 Å². The Labute approximate surface area is 157 Å². The highest BCUT2D eigenvalue weighted by Gasteiger charge is 2.37. The molecule has 0 aliphatic heterocycles. The maximum atomic E-state index is 9.93. The molecule has 0 heterocycles. The van der Waals surface area contributed by atoms with Gasteiger partial charge in [0.25, 0.3) is 0 Å². The fraction of sp³-hybridized carbons (Fsp3) is 0.458. The minimum atomic E-state index is -0.296. The highest BCUT2D eigenvalue weighted by molar-refractivity contribution is 5.64. The maximum absolute atomic E-state index is 9.93. The summed E-state index contributed by atoms with van der Waals surface area (Å²) in [5.41, 5.74) is 3.26. The zero-order valence-electron chi connectivity index (χ0n) is 16.0. The van der Waals surface area contributed by atoms with Crippen LogP contribution >= 0.6 is 0 Å². The highest BCUT2D eigenvalue weighted by atomic mass is 16.5. The molecule has 2 nitrogen and oxygen atoms in total. The summed E-state index contributed by atoms with van der Waals surface area (Å²) >= 11 is 0. The lowest BCUT2D eigenvalue weighted by atomic mass is 9.66. The van der Waals surface area contributed by atoms with E-state index < -0.39 is 0 Å². The summed E-state index contributed by atoms with van der Waals surface area (Å²) in [6.45, 7) is 5.11. The van der Waals surface area contributed by atoms with Crippen molar-refractivity contribution in [2.45, 2.75) is 57.8 Å². The van der Waals surface area contributed by atoms with E-state index in [-0.39, 0.29) is 5.41 Å². The van der Waals surface area contributed by atoms with E-state index in [9.17, 15) is 5.26 Å². The van der Waals surface area contributed by atoms with Crippen LogP contribution in [0.1, 0.15) is 57.9 Å². The number of benzene rings is 2. The Morgan fingerprint density at radius 3 is 2.27 bits per heavy atom. The van der Waals surface area contributed by atoms with Crippen LogP contribution in [0.15, 0.2) is 48.5 Å². The summed E-state index contributed by atoms with van der Waals surface area (Å²) in [5, 5.41) is 9.93. The second-order valence-corrected chi connectivity index (χ2v) is 7.51. The average molecular weight is 348 g/mol. The molecule has 0 aromatic heterocycles. The molecule has 1 saturated carbocycles. The second kappa shape index (κ2) is 8.41. The molecule has 0 radical (unpaired) electrons. The van der Waals surface area contributed by atoms with Gasteiger partial charge in [-0.1, -0.05) is 69.5 Å². The first kappa shape index (κ1) is 18.5. The molecule has 2 atom stereocenters. The Morgan fingerprint density at radius 2 is 1.69 bits per heavy atom. The van der Waals surface area contributed by atoms with Crippen molar-refractivity contribution in [3.05, 3.63) is 54.1 Å². The first-order chi connectivity index (χ1) is 12.7. The lowest BCUT2D eigenvalue weighted by molar-refractivity contribution is 0.264. The molecule has 0 spiro atoms. The van der Waals surface area contributed by atoms with Gasteiger partial charge in [-0.25, -0.2) is 0 Å². The Kier molecular flexibility index (Phi) is 5.99. The lowest BCUT2D eigenvalue weighted by Crippen LogP contribution is -2.31. The molecule has 0 bridgehead atoms. The molecular formula is C24H29NO. The van der Waals surface area contributed by atoms with Crippen LogP contribution < -0.4 is 4.74 Å². The number of nitriles is 1. The smallest absolute Gasteiger partial charge is 0.119 e. The van der Waals surface area contributed by atoms with Gasteiger partial charge in [-0.15, -0.1) is 0 Å². The van der Waals surface area contributed by atoms with Gasteiger partial charge in [-0.05, 0) is 54.0 Å². The van der Waals surface area contributed by atoms with E-state index in [0.29, 0.717) is 5.92 Å². The quantitative estimate of drug-likeness (QED) is 0.597. The molecule has 0 N–H and O–H groups in total. The molecule has 0 saturated heterocycles. The Bertz CT molecular complexity index is 741. The van der Waals surface area contributed by atoms with Crippen molar-refractivity contribution in [3.8, 4) is 22.9 Å². The summed E-state index contributed by atoms with van der Waals surface area (Å²) in [5.74, 6) is 1.60. The predicted octanol–water partition coefficient (Wildman–Crippen LogP) is 6.50. The number of rotatable bonds is 6. The van der Waals surface area contributed by atoms with Crippen molar-refractivity contribution in [3.63, 3.8) is 0 Å². The van der Waals surface area contributed by atoms with Crippen molar-refractivity contribution in [2.24, 2.45) is 5.92 Å². The molecule has 26 heavy (non-hydrogen) atoms. The first-order valence-electron chi connectivity index (χ1n) is 9.96. The van der Waals surface area contributed by atoms with Gasteiger partial charge in [-0.3, -0.25) is 0 Å². The molecule has 2 aromatic carbocycles. The van der Waals surface area contributed by atoms with Gasteiger partial charge in [0.15, 0.2) is 0 Å². The van der Waals surface area contributed by atoms with E-state index in [2.05, 4.69) is 56.3 Å². The minimum Gasteiger partial charge on any atom is -0.494 e. The Balaban J connectivity index is 1.78. The number of nitrogens with zero attached hydrogens (tertiary/aromatic N) is 1. The normalized spacial score (nSPS) is 22.6. The molecule has 1 aliphatic carbocycles. The van der Waals surface area contributed by atoms with Crippen molar-refractivity contribution < 1.29 is 4.74 Å². The third-order valence-corrected chi connectivity index (χ3v) is 5.74. The number of ether oxygens (including phenoxy) is 1. The molecule has 136 valence electrons. The van der Waals surface area contributed by atoms with E-state index in [0.717, 1.165) is 38.0 Å². The number of hydrogen-bond acceptors (Lipinski definition) is 2. The van der Waals surface area contributed by atoms with Gasteiger partial charge in [0.1, 0.15) is 5.75 Å². The molecule has 2 heteroatoms. The number of hydrogen-bond donors (Lipinski definition) is 0. The molecule has 3 rings (SSSR count). The van der Waals surface area contributed by atoms with Gasteiger partial charge in [0, 0.05) is 0 Å². The summed E-state index contributed by atoms with van der Waals surface area (Å²) in [6.07, 6.45) is 6.61. The van der Waals surface area contributed by atoms with Crippen LogP contribution in [0.4, 0.5) is 0 Å². The molecule has 2 unspecified atom stereocenters. The van der Waals surface area contributed by atoms with Gasteiger partial charge < -0.3 is 4.74 Å². The van der Waals surface area contributed by atoms with Crippen molar-refractivity contribution >= 4 is 0 Å². The van der Waals surface area contributed by atoms with Crippen LogP contribution in [0.5, 0.6) is 5.75 Å². The Morgan fingerprint density at radius 1 is 1.04 bits per heavy atom. The van der Waals surface area contributed by atoms with Crippen molar-refractivity contribution in [2.75, 3.05) is 6.61 Å². The lowest BCUT2D eigenvalue weighted by Gasteiger charge is -2.36. The van der Waals surface area contributed by atoms with E-state index in [4.69, 9.17) is 4.74 Å². The molecule has 0 amide bonds. The Hall–Kier alpha value is -2.27. The third-order valence-electron chi connectivity index (χ3n) is 5.74. The monoisotopic (exact) mass is 347 g/mol. The zero-order chi connectivity index (χ0) is 18.4. The predicted molar refractivity (Wildman–Crippen MR) is 107 cm³/mol. The van der Waals surface area contributed by atoms with E-state index in [1.807, 2.05) is 12.1 Å². The van der Waals surface area contributed by atoms with E-state index in [1.54, 1.807) is 0 Å². The standard InChI is InChI=1S/C24H29NO/c1-3-16-26-23-13-9-21(10-14-23)20-7-11-22(12-8-20)24(18-25)15-5-6-19(4-2)17-24/h7-14,19H,3-6,15-17H2,1-2H3. The van der Waals surface area contributed by atoms with Crippen LogP contribution in [0.2, 0.25) is 0 Å².